The molecule has 0 radical (unpaired) electrons. The van der Waals surface area contributed by atoms with E-state index in [4.69, 9.17) is 9.72 Å². The van der Waals surface area contributed by atoms with Crippen LogP contribution in [0.4, 0.5) is 5.82 Å². The molecule has 1 atom stereocenters. The number of nitrogens with zero attached hydrogens (tertiary/aromatic N) is 8. The molecule has 2 saturated carbocycles. The molecule has 1 unspecified atom stereocenters. The van der Waals surface area contributed by atoms with Crippen LogP contribution in [0, 0.1) is 11.3 Å². The molecule has 0 saturated heterocycles. The lowest BCUT2D eigenvalue weighted by Gasteiger charge is -2.17. The first kappa shape index (κ1) is 25.0. The number of nitrogens with one attached hydrogen (secondary N) is 1. The number of rotatable bonds is 9. The molecule has 6 rings (SSSR count). The molecule has 198 valence electrons. The lowest BCUT2D eigenvalue weighted by Crippen LogP contribution is -2.33. The number of hydrogen-bond acceptors (Lipinski definition) is 11. The summed E-state index contributed by atoms with van der Waals surface area (Å²) in [6.07, 6.45) is 7.66. The third-order valence-corrected chi connectivity index (χ3v) is 8.23. The third kappa shape index (κ3) is 4.50. The van der Waals surface area contributed by atoms with Crippen molar-refractivity contribution in [2.75, 3.05) is 18.2 Å². The first-order chi connectivity index (χ1) is 19.0. The molecule has 1 N–H and O–H groups in total. The van der Waals surface area contributed by atoms with Crippen LogP contribution in [0.25, 0.3) is 22.6 Å². The SMILES string of the molecule is CCS(=O)c1ccc(CNc2nc3cnc(-c4c(OC)ncnc4C4CC4)nc3n(C3(C#N)CC3)c2=O)nc1. The second-order valence-corrected chi connectivity index (χ2v) is 11.3. The first-order valence-corrected chi connectivity index (χ1v) is 14.0. The van der Waals surface area contributed by atoms with Gasteiger partial charge in [-0.1, -0.05) is 6.92 Å². The Hall–Kier alpha value is -4.31. The van der Waals surface area contributed by atoms with Gasteiger partial charge >= 0.3 is 0 Å². The number of pyridine rings is 1. The number of anilines is 1. The van der Waals surface area contributed by atoms with Crippen molar-refractivity contribution in [1.82, 2.24) is 34.5 Å². The van der Waals surface area contributed by atoms with Crippen LogP contribution in [-0.4, -0.2) is 51.5 Å². The van der Waals surface area contributed by atoms with Crippen LogP contribution in [0.15, 0.2) is 40.5 Å². The summed E-state index contributed by atoms with van der Waals surface area (Å²) in [5, 5.41) is 13.1. The Morgan fingerprint density at radius 1 is 1.18 bits per heavy atom. The zero-order valence-corrected chi connectivity index (χ0v) is 22.2. The van der Waals surface area contributed by atoms with Crippen molar-refractivity contribution < 1.29 is 8.95 Å². The van der Waals surface area contributed by atoms with Gasteiger partial charge in [-0.15, -0.1) is 0 Å². The van der Waals surface area contributed by atoms with Crippen LogP contribution in [0.1, 0.15) is 49.9 Å². The molecule has 0 aromatic carbocycles. The highest BCUT2D eigenvalue weighted by Crippen LogP contribution is 2.46. The van der Waals surface area contributed by atoms with E-state index in [9.17, 15) is 14.3 Å². The quantitative estimate of drug-likeness (QED) is 0.330. The molecule has 4 aromatic heterocycles. The second-order valence-electron chi connectivity index (χ2n) is 9.54. The summed E-state index contributed by atoms with van der Waals surface area (Å²) in [6.45, 7) is 2.06. The molecule has 0 aliphatic heterocycles. The molecule has 12 nitrogen and oxygen atoms in total. The van der Waals surface area contributed by atoms with Gasteiger partial charge in [0, 0.05) is 17.9 Å². The fraction of sp³-hybridized carbons (Fsp3) is 0.385. The molecule has 0 amide bonds. The summed E-state index contributed by atoms with van der Waals surface area (Å²) in [7, 11) is 0.434. The summed E-state index contributed by atoms with van der Waals surface area (Å²) >= 11 is 0. The molecule has 4 heterocycles. The maximum Gasteiger partial charge on any atom is 0.296 e. The van der Waals surface area contributed by atoms with Crippen LogP contribution < -0.4 is 15.6 Å². The van der Waals surface area contributed by atoms with Gasteiger partial charge < -0.3 is 10.1 Å². The monoisotopic (exact) mass is 543 g/mol. The normalized spacial score (nSPS) is 16.4. The average Bonchev–Trinajstić information content (AvgIpc) is 3.91. The van der Waals surface area contributed by atoms with E-state index in [0.29, 0.717) is 52.0 Å². The predicted molar refractivity (Wildman–Crippen MR) is 142 cm³/mol. The number of methoxy groups -OCH3 is 1. The van der Waals surface area contributed by atoms with Crippen LogP contribution >= 0.6 is 0 Å². The minimum Gasteiger partial charge on any atom is -0.480 e. The highest BCUT2D eigenvalue weighted by atomic mass is 32.2. The van der Waals surface area contributed by atoms with Crippen molar-refractivity contribution in [2.24, 2.45) is 0 Å². The van der Waals surface area contributed by atoms with Crippen molar-refractivity contribution in [3.63, 3.8) is 0 Å². The first-order valence-electron chi connectivity index (χ1n) is 12.7. The molecule has 39 heavy (non-hydrogen) atoms. The van der Waals surface area contributed by atoms with E-state index >= 15 is 0 Å². The summed E-state index contributed by atoms with van der Waals surface area (Å²) in [4.78, 5) is 41.2. The maximum absolute atomic E-state index is 13.7. The van der Waals surface area contributed by atoms with Crippen molar-refractivity contribution in [3.05, 3.63) is 52.6 Å². The summed E-state index contributed by atoms with van der Waals surface area (Å²) in [6, 6.07) is 5.82. The fourth-order valence-electron chi connectivity index (χ4n) is 4.52. The van der Waals surface area contributed by atoms with Gasteiger partial charge in [0.2, 0.25) is 5.88 Å². The number of hydrogen-bond donors (Lipinski definition) is 1. The molecule has 13 heteroatoms. The number of nitriles is 1. The van der Waals surface area contributed by atoms with E-state index in [1.165, 1.54) is 18.0 Å². The Morgan fingerprint density at radius 3 is 2.64 bits per heavy atom. The van der Waals surface area contributed by atoms with E-state index in [-0.39, 0.29) is 23.9 Å². The van der Waals surface area contributed by atoms with Crippen molar-refractivity contribution in [1.29, 1.82) is 5.26 Å². The van der Waals surface area contributed by atoms with Gasteiger partial charge in [0.1, 0.15) is 22.9 Å². The molecule has 2 aliphatic rings. The lowest BCUT2D eigenvalue weighted by molar-refractivity contribution is 0.397. The highest BCUT2D eigenvalue weighted by Gasteiger charge is 2.48. The van der Waals surface area contributed by atoms with Crippen LogP contribution in [0.5, 0.6) is 5.88 Å². The van der Waals surface area contributed by atoms with E-state index < -0.39 is 21.9 Å². The van der Waals surface area contributed by atoms with Gasteiger partial charge in [0.15, 0.2) is 17.3 Å². The molecule has 4 aromatic rings. The average molecular weight is 544 g/mol. The van der Waals surface area contributed by atoms with Crippen molar-refractivity contribution >= 4 is 27.8 Å². The molecule has 2 aliphatic carbocycles. The summed E-state index contributed by atoms with van der Waals surface area (Å²) < 4.78 is 18.9. The molecular formula is C26H25N9O3S. The molecular weight excluding hydrogens is 518 g/mol. The summed E-state index contributed by atoms with van der Waals surface area (Å²) in [5.41, 5.74) is 1.24. The number of aromatic nitrogens is 7. The number of fused-ring (bicyclic) bond motifs is 1. The Kier molecular flexibility index (Phi) is 6.26. The van der Waals surface area contributed by atoms with Gasteiger partial charge in [-0.2, -0.15) is 5.26 Å². The van der Waals surface area contributed by atoms with Crippen molar-refractivity contribution in [3.8, 4) is 23.3 Å². The predicted octanol–water partition coefficient (Wildman–Crippen LogP) is 2.68. The molecule has 0 spiro atoms. The van der Waals surface area contributed by atoms with Crippen LogP contribution in [0.3, 0.4) is 0 Å². The molecule has 0 bridgehead atoms. The Labute approximate surface area is 226 Å². The minimum atomic E-state index is -1.09. The maximum atomic E-state index is 13.7. The largest absolute Gasteiger partial charge is 0.480 e. The standard InChI is InChI=1S/C26H25N9O3S/c1-3-39(37)17-7-6-16(28-11-17)10-29-22-25(36)35(26(13-27)8-9-26)23-18(33-22)12-30-21(34-23)19-20(15-4-5-15)31-14-32-24(19)38-2/h6-7,11-12,14-15H,3-5,8-10H2,1-2H3,(H,29,33). The van der Waals surface area contributed by atoms with Gasteiger partial charge in [0.05, 0.1) is 53.0 Å². The van der Waals surface area contributed by atoms with Gasteiger partial charge in [-0.25, -0.2) is 24.9 Å². The minimum absolute atomic E-state index is 0.0719. The Morgan fingerprint density at radius 2 is 2.00 bits per heavy atom. The highest BCUT2D eigenvalue weighted by molar-refractivity contribution is 7.85. The van der Waals surface area contributed by atoms with Crippen LogP contribution in [0.2, 0.25) is 0 Å². The van der Waals surface area contributed by atoms with E-state index in [2.05, 4.69) is 36.3 Å². The Balaban J connectivity index is 1.42. The summed E-state index contributed by atoms with van der Waals surface area (Å²) in [5.74, 6) is 1.54. The van der Waals surface area contributed by atoms with Crippen LogP contribution in [-0.2, 0) is 22.9 Å². The van der Waals surface area contributed by atoms with Gasteiger partial charge in [0.25, 0.3) is 5.56 Å². The smallest absolute Gasteiger partial charge is 0.296 e. The van der Waals surface area contributed by atoms with E-state index in [1.807, 2.05) is 6.92 Å². The van der Waals surface area contributed by atoms with Crippen molar-refractivity contribution in [2.45, 2.75) is 55.5 Å². The third-order valence-electron chi connectivity index (χ3n) is 6.94. The zero-order valence-electron chi connectivity index (χ0n) is 21.4. The van der Waals surface area contributed by atoms with Gasteiger partial charge in [-0.05, 0) is 37.8 Å². The number of ether oxygens (including phenoxy) is 1. The van der Waals surface area contributed by atoms with E-state index in [0.717, 1.165) is 18.5 Å². The topological polar surface area (TPSA) is 161 Å². The Bertz CT molecular complexity index is 1710. The molecule has 2 fully saturated rings. The van der Waals surface area contributed by atoms with Gasteiger partial charge in [-0.3, -0.25) is 18.6 Å². The lowest BCUT2D eigenvalue weighted by atomic mass is 10.1. The zero-order chi connectivity index (χ0) is 27.1. The fourth-order valence-corrected chi connectivity index (χ4v) is 5.24. The van der Waals surface area contributed by atoms with E-state index in [1.54, 1.807) is 24.5 Å². The second kappa shape index (κ2) is 9.77.